The van der Waals surface area contributed by atoms with Crippen LogP contribution in [0, 0.1) is 23.7 Å². The number of likely N-dealkylation sites (tertiary alicyclic amines) is 2. The number of carbonyl (C=O) groups is 3. The maximum absolute atomic E-state index is 12.8. The average Bonchev–Trinajstić information content (AvgIpc) is 3.21. The summed E-state index contributed by atoms with van der Waals surface area (Å²) in [5.74, 6) is -0.896. The summed E-state index contributed by atoms with van der Waals surface area (Å²) in [6.07, 6.45) is 7.48. The Morgan fingerprint density at radius 2 is 1.50 bits per heavy atom. The lowest BCUT2D eigenvalue weighted by molar-refractivity contribution is -0.143. The van der Waals surface area contributed by atoms with E-state index in [9.17, 15) is 19.5 Å². The van der Waals surface area contributed by atoms with Gasteiger partial charge in [0.25, 0.3) is 0 Å². The van der Waals surface area contributed by atoms with E-state index in [-0.39, 0.29) is 36.0 Å². The summed E-state index contributed by atoms with van der Waals surface area (Å²) in [6, 6.07) is 0. The van der Waals surface area contributed by atoms with Gasteiger partial charge in [0.05, 0.1) is 5.92 Å². The number of aliphatic carboxylic acids is 2. The first-order valence-corrected chi connectivity index (χ1v) is 10.9. The van der Waals surface area contributed by atoms with E-state index in [2.05, 4.69) is 4.90 Å². The Kier molecular flexibility index (Phi) is 7.32. The standard InChI is InChI=1S/C21H34N2O5/c24-19(25)13-17-8-12-23(20(26)15-3-1-2-4-15)14-18(17)7-11-22-9-5-16(6-10-22)21(27)28/h15-18H,1-14H2,(H,24,25)(H,27,28)/t17-,18-/m0/s1. The first-order chi connectivity index (χ1) is 13.4. The minimum Gasteiger partial charge on any atom is -0.481 e. The molecular formula is C21H34N2O5. The minimum absolute atomic E-state index is 0.127. The van der Waals surface area contributed by atoms with Crippen molar-refractivity contribution in [2.24, 2.45) is 23.7 Å². The van der Waals surface area contributed by atoms with Gasteiger partial charge < -0.3 is 20.0 Å². The maximum atomic E-state index is 12.8. The van der Waals surface area contributed by atoms with Gasteiger partial charge in [-0.2, -0.15) is 0 Å². The van der Waals surface area contributed by atoms with E-state index in [1.807, 2.05) is 4.90 Å². The summed E-state index contributed by atoms with van der Waals surface area (Å²) < 4.78 is 0. The summed E-state index contributed by atoms with van der Waals surface area (Å²) >= 11 is 0. The summed E-state index contributed by atoms with van der Waals surface area (Å²) in [5, 5.41) is 18.4. The lowest BCUT2D eigenvalue weighted by atomic mass is 9.80. The van der Waals surface area contributed by atoms with Crippen molar-refractivity contribution in [3.63, 3.8) is 0 Å². The highest BCUT2D eigenvalue weighted by molar-refractivity contribution is 5.79. The fourth-order valence-corrected chi connectivity index (χ4v) is 5.28. The fraction of sp³-hybridized carbons (Fsp3) is 0.857. The average molecular weight is 395 g/mol. The number of carbonyl (C=O) groups excluding carboxylic acids is 1. The van der Waals surface area contributed by atoms with E-state index < -0.39 is 11.9 Å². The Morgan fingerprint density at radius 3 is 2.11 bits per heavy atom. The van der Waals surface area contributed by atoms with Gasteiger partial charge in [-0.15, -0.1) is 0 Å². The highest BCUT2D eigenvalue weighted by Crippen LogP contribution is 2.33. The molecule has 0 aromatic heterocycles. The van der Waals surface area contributed by atoms with E-state index >= 15 is 0 Å². The van der Waals surface area contributed by atoms with Crippen LogP contribution in [0.4, 0.5) is 0 Å². The van der Waals surface area contributed by atoms with Gasteiger partial charge in [0, 0.05) is 25.4 Å². The van der Waals surface area contributed by atoms with Crippen molar-refractivity contribution in [1.29, 1.82) is 0 Å². The van der Waals surface area contributed by atoms with Crippen molar-refractivity contribution in [1.82, 2.24) is 9.80 Å². The van der Waals surface area contributed by atoms with Crippen molar-refractivity contribution in [2.75, 3.05) is 32.7 Å². The van der Waals surface area contributed by atoms with Gasteiger partial charge in [0.15, 0.2) is 0 Å². The summed E-state index contributed by atoms with van der Waals surface area (Å²) in [4.78, 5) is 39.5. The molecule has 1 amide bonds. The zero-order valence-corrected chi connectivity index (χ0v) is 16.7. The molecule has 28 heavy (non-hydrogen) atoms. The van der Waals surface area contributed by atoms with E-state index in [1.165, 1.54) is 0 Å². The first kappa shape index (κ1) is 21.1. The van der Waals surface area contributed by atoms with Gasteiger partial charge in [0.1, 0.15) is 0 Å². The van der Waals surface area contributed by atoms with Crippen LogP contribution < -0.4 is 0 Å². The molecule has 3 fully saturated rings. The Bertz CT molecular complexity index is 567. The lowest BCUT2D eigenvalue weighted by Gasteiger charge is -2.40. The highest BCUT2D eigenvalue weighted by atomic mass is 16.4. The molecule has 0 aromatic rings. The smallest absolute Gasteiger partial charge is 0.306 e. The van der Waals surface area contributed by atoms with Crippen LogP contribution in [0.3, 0.4) is 0 Å². The maximum Gasteiger partial charge on any atom is 0.306 e. The third-order valence-electron chi connectivity index (χ3n) is 7.10. The normalized spacial score (nSPS) is 27.8. The molecule has 0 spiro atoms. The third-order valence-corrected chi connectivity index (χ3v) is 7.10. The summed E-state index contributed by atoms with van der Waals surface area (Å²) in [6.45, 7) is 3.81. The second-order valence-corrected chi connectivity index (χ2v) is 8.92. The third kappa shape index (κ3) is 5.46. The molecule has 0 unspecified atom stereocenters. The Morgan fingerprint density at radius 1 is 0.821 bits per heavy atom. The topological polar surface area (TPSA) is 98.2 Å². The predicted molar refractivity (Wildman–Crippen MR) is 104 cm³/mol. The minimum atomic E-state index is -0.757. The van der Waals surface area contributed by atoms with Gasteiger partial charge in [-0.3, -0.25) is 14.4 Å². The molecule has 158 valence electrons. The number of piperidine rings is 2. The molecule has 2 atom stereocenters. The Labute approximate surface area is 167 Å². The highest BCUT2D eigenvalue weighted by Gasteiger charge is 2.36. The molecular weight excluding hydrogens is 360 g/mol. The molecule has 3 aliphatic rings. The van der Waals surface area contributed by atoms with E-state index in [0.717, 1.165) is 58.2 Å². The summed E-state index contributed by atoms with van der Waals surface area (Å²) in [5.41, 5.74) is 0. The molecule has 7 nitrogen and oxygen atoms in total. The molecule has 0 radical (unpaired) electrons. The quantitative estimate of drug-likeness (QED) is 0.688. The molecule has 2 heterocycles. The SMILES string of the molecule is O=C(O)C[C@@H]1CCN(C(=O)C2CCCC2)C[C@@H]1CCN1CCC(C(=O)O)CC1. The zero-order valence-electron chi connectivity index (χ0n) is 16.7. The van der Waals surface area contributed by atoms with Crippen molar-refractivity contribution in [3.05, 3.63) is 0 Å². The van der Waals surface area contributed by atoms with Gasteiger partial charge in [0.2, 0.25) is 5.91 Å². The van der Waals surface area contributed by atoms with Gasteiger partial charge >= 0.3 is 11.9 Å². The molecule has 1 saturated carbocycles. The van der Waals surface area contributed by atoms with Crippen LogP contribution in [-0.2, 0) is 14.4 Å². The Balaban J connectivity index is 1.53. The molecule has 2 aliphatic heterocycles. The second kappa shape index (κ2) is 9.72. The van der Waals surface area contributed by atoms with Crippen molar-refractivity contribution in [3.8, 4) is 0 Å². The zero-order chi connectivity index (χ0) is 20.1. The number of hydrogen-bond acceptors (Lipinski definition) is 4. The van der Waals surface area contributed by atoms with Crippen molar-refractivity contribution < 1.29 is 24.6 Å². The monoisotopic (exact) mass is 394 g/mol. The van der Waals surface area contributed by atoms with Crippen LogP contribution in [0.1, 0.15) is 57.8 Å². The fourth-order valence-electron chi connectivity index (χ4n) is 5.28. The molecule has 7 heteroatoms. The predicted octanol–water partition coefficient (Wildman–Crippen LogP) is 2.30. The number of hydrogen-bond donors (Lipinski definition) is 2. The van der Waals surface area contributed by atoms with E-state index in [1.54, 1.807) is 0 Å². The van der Waals surface area contributed by atoms with Crippen LogP contribution in [0.25, 0.3) is 0 Å². The molecule has 0 aromatic carbocycles. The number of rotatable bonds is 7. The molecule has 0 bridgehead atoms. The van der Waals surface area contributed by atoms with E-state index in [4.69, 9.17) is 5.11 Å². The Hall–Kier alpha value is -1.63. The summed E-state index contributed by atoms with van der Waals surface area (Å²) in [7, 11) is 0. The molecule has 1 aliphatic carbocycles. The number of carboxylic acid groups (broad SMARTS) is 2. The number of carboxylic acids is 2. The second-order valence-electron chi connectivity index (χ2n) is 8.92. The van der Waals surface area contributed by atoms with Crippen LogP contribution in [0.2, 0.25) is 0 Å². The van der Waals surface area contributed by atoms with Crippen molar-refractivity contribution in [2.45, 2.75) is 57.8 Å². The van der Waals surface area contributed by atoms with Crippen LogP contribution >= 0.6 is 0 Å². The largest absolute Gasteiger partial charge is 0.481 e. The molecule has 2 saturated heterocycles. The lowest BCUT2D eigenvalue weighted by Crippen LogP contribution is -2.47. The first-order valence-electron chi connectivity index (χ1n) is 10.9. The molecule has 2 N–H and O–H groups in total. The van der Waals surface area contributed by atoms with Crippen molar-refractivity contribution >= 4 is 17.8 Å². The van der Waals surface area contributed by atoms with Crippen LogP contribution in [0.5, 0.6) is 0 Å². The molecule has 3 rings (SSSR count). The number of amides is 1. The number of nitrogens with zero attached hydrogens (tertiary/aromatic N) is 2. The van der Waals surface area contributed by atoms with E-state index in [0.29, 0.717) is 25.9 Å². The van der Waals surface area contributed by atoms with Gasteiger partial charge in [-0.1, -0.05) is 12.8 Å². The van der Waals surface area contributed by atoms with Crippen LogP contribution in [-0.4, -0.2) is 70.6 Å². The van der Waals surface area contributed by atoms with Gasteiger partial charge in [-0.05, 0) is 70.0 Å². The van der Waals surface area contributed by atoms with Gasteiger partial charge in [-0.25, -0.2) is 0 Å². The van der Waals surface area contributed by atoms with Crippen LogP contribution in [0.15, 0.2) is 0 Å².